The van der Waals surface area contributed by atoms with Gasteiger partial charge >= 0.3 is 12.1 Å². The lowest BCUT2D eigenvalue weighted by molar-refractivity contribution is -0.192. The van der Waals surface area contributed by atoms with Crippen molar-refractivity contribution in [1.29, 1.82) is 5.26 Å². The number of likely N-dealkylation sites (tertiary alicyclic amines) is 1. The number of carbonyl (C=O) groups is 2. The highest BCUT2D eigenvalue weighted by Gasteiger charge is 2.53. The van der Waals surface area contributed by atoms with Gasteiger partial charge in [0, 0.05) is 32.7 Å². The maximum atomic E-state index is 12.8. The quantitative estimate of drug-likeness (QED) is 0.619. The van der Waals surface area contributed by atoms with E-state index in [1.807, 2.05) is 30.0 Å². The number of halogens is 3. The SMILES string of the molecule is CN(C)CCN1CC2(CCN(S(=O)(=O)c3ccc(C#N)cc3)CC2)C1=O.O=C(O)C(F)(F)F. The number of hydrogen-bond donors (Lipinski definition) is 1. The van der Waals surface area contributed by atoms with Crippen LogP contribution in [-0.2, 0) is 19.6 Å². The molecule has 9 nitrogen and oxygen atoms in total. The highest BCUT2D eigenvalue weighted by atomic mass is 32.2. The van der Waals surface area contributed by atoms with Crippen molar-refractivity contribution in [2.75, 3.05) is 46.8 Å². The number of sulfonamides is 1. The van der Waals surface area contributed by atoms with Crippen LogP contribution in [0.15, 0.2) is 29.2 Å². The molecule has 1 aromatic carbocycles. The Labute approximate surface area is 190 Å². The first kappa shape index (κ1) is 26.6. The van der Waals surface area contributed by atoms with Gasteiger partial charge in [0.05, 0.1) is 21.9 Å². The van der Waals surface area contributed by atoms with Gasteiger partial charge in [0.15, 0.2) is 0 Å². The molecule has 1 amide bonds. The molecule has 2 aliphatic rings. The molecule has 1 N–H and O–H groups in total. The fourth-order valence-corrected chi connectivity index (χ4v) is 5.07. The Bertz CT molecular complexity index is 1010. The maximum Gasteiger partial charge on any atom is 0.490 e. The van der Waals surface area contributed by atoms with Crippen LogP contribution in [0.5, 0.6) is 0 Å². The molecule has 1 aromatic rings. The largest absolute Gasteiger partial charge is 0.490 e. The number of carboxylic acid groups (broad SMARTS) is 1. The molecular weight excluding hydrogens is 465 g/mol. The third-order valence-corrected chi connectivity index (χ3v) is 7.51. The van der Waals surface area contributed by atoms with Crippen LogP contribution in [0.3, 0.4) is 0 Å². The zero-order valence-corrected chi connectivity index (χ0v) is 19.0. The molecule has 3 rings (SSSR count). The van der Waals surface area contributed by atoms with Crippen LogP contribution in [0.25, 0.3) is 0 Å². The Morgan fingerprint density at radius 3 is 2.12 bits per heavy atom. The minimum atomic E-state index is -5.08. The summed E-state index contributed by atoms with van der Waals surface area (Å²) >= 11 is 0. The first-order valence-corrected chi connectivity index (χ1v) is 11.4. The maximum absolute atomic E-state index is 12.8. The van der Waals surface area contributed by atoms with Crippen LogP contribution in [-0.4, -0.2) is 92.5 Å². The molecule has 1 spiro atoms. The lowest BCUT2D eigenvalue weighted by Crippen LogP contribution is -2.65. The van der Waals surface area contributed by atoms with Crippen LogP contribution in [0, 0.1) is 16.7 Å². The van der Waals surface area contributed by atoms with Crippen molar-refractivity contribution in [3.05, 3.63) is 29.8 Å². The summed E-state index contributed by atoms with van der Waals surface area (Å²) in [5, 5.41) is 16.0. The molecule has 0 aliphatic carbocycles. The predicted octanol–water partition coefficient (Wildman–Crippen LogP) is 1.37. The number of hydrogen-bond acceptors (Lipinski definition) is 6. The van der Waals surface area contributed by atoms with Crippen molar-refractivity contribution in [2.45, 2.75) is 23.9 Å². The average Bonchev–Trinajstić information content (AvgIpc) is 2.76. The van der Waals surface area contributed by atoms with E-state index in [1.54, 1.807) is 0 Å². The standard InChI is InChI=1S/C18H24N4O3S.C2HF3O2/c1-20(2)11-12-21-14-18(17(21)23)7-9-22(10-8-18)26(24,25)16-5-3-15(13-19)4-6-16;3-2(4,5)1(6)7/h3-6H,7-12,14H2,1-2H3;(H,6,7). The number of rotatable bonds is 5. The third-order valence-electron chi connectivity index (χ3n) is 5.59. The van der Waals surface area contributed by atoms with E-state index in [0.29, 0.717) is 31.5 Å². The second-order valence-corrected chi connectivity index (χ2v) is 10.1. The number of amides is 1. The minimum absolute atomic E-state index is 0.162. The van der Waals surface area contributed by atoms with E-state index in [0.717, 1.165) is 19.6 Å². The summed E-state index contributed by atoms with van der Waals surface area (Å²) in [5.41, 5.74) is 0.0580. The molecule has 13 heteroatoms. The fraction of sp³-hybridized carbons (Fsp3) is 0.550. The highest BCUT2D eigenvalue weighted by Crippen LogP contribution is 2.42. The lowest BCUT2D eigenvalue weighted by Gasteiger charge is -2.52. The topological polar surface area (TPSA) is 122 Å². The van der Waals surface area contributed by atoms with Crippen LogP contribution >= 0.6 is 0 Å². The van der Waals surface area contributed by atoms with Gasteiger partial charge < -0.3 is 14.9 Å². The molecular formula is C20H25F3N4O5S. The molecule has 0 unspecified atom stereocenters. The number of benzene rings is 1. The Balaban J connectivity index is 0.000000479. The number of piperidine rings is 1. The van der Waals surface area contributed by atoms with Gasteiger partial charge in [0.2, 0.25) is 15.9 Å². The summed E-state index contributed by atoms with van der Waals surface area (Å²) in [4.78, 5) is 25.6. The van der Waals surface area contributed by atoms with Gasteiger partial charge in [-0.2, -0.15) is 22.7 Å². The fourth-order valence-electron chi connectivity index (χ4n) is 3.63. The number of alkyl halides is 3. The minimum Gasteiger partial charge on any atom is -0.475 e. The van der Waals surface area contributed by atoms with Crippen LogP contribution in [0.4, 0.5) is 13.2 Å². The normalized spacial score (nSPS) is 18.3. The van der Waals surface area contributed by atoms with E-state index >= 15 is 0 Å². The molecule has 0 saturated carbocycles. The van der Waals surface area contributed by atoms with Gasteiger partial charge in [0.1, 0.15) is 0 Å². The van der Waals surface area contributed by atoms with Gasteiger partial charge in [-0.3, -0.25) is 4.79 Å². The monoisotopic (exact) mass is 490 g/mol. The lowest BCUT2D eigenvalue weighted by atomic mass is 9.71. The molecule has 0 radical (unpaired) electrons. The van der Waals surface area contributed by atoms with Crippen molar-refractivity contribution in [3.8, 4) is 6.07 Å². The number of β-lactam (4-membered cyclic amide) rings is 1. The zero-order valence-electron chi connectivity index (χ0n) is 18.2. The first-order valence-electron chi connectivity index (χ1n) is 9.97. The Morgan fingerprint density at radius 1 is 1.21 bits per heavy atom. The molecule has 0 aromatic heterocycles. The predicted molar refractivity (Wildman–Crippen MR) is 110 cm³/mol. The van der Waals surface area contributed by atoms with Gasteiger partial charge in [-0.1, -0.05) is 0 Å². The van der Waals surface area contributed by atoms with Crippen molar-refractivity contribution in [2.24, 2.45) is 5.41 Å². The molecule has 182 valence electrons. The molecule has 2 saturated heterocycles. The summed E-state index contributed by atoms with van der Waals surface area (Å²) in [7, 11) is 0.376. The Morgan fingerprint density at radius 2 is 1.73 bits per heavy atom. The number of aliphatic carboxylic acids is 1. The second kappa shape index (κ2) is 10.1. The molecule has 0 bridgehead atoms. The van der Waals surface area contributed by atoms with Gasteiger partial charge in [0.25, 0.3) is 0 Å². The van der Waals surface area contributed by atoms with E-state index in [9.17, 15) is 26.4 Å². The van der Waals surface area contributed by atoms with E-state index in [4.69, 9.17) is 15.2 Å². The summed E-state index contributed by atoms with van der Waals surface area (Å²) < 4.78 is 58.7. The van der Waals surface area contributed by atoms with Crippen LogP contribution in [0.1, 0.15) is 18.4 Å². The molecule has 2 aliphatic heterocycles. The Kier molecular flexibility index (Phi) is 8.10. The molecule has 0 atom stereocenters. The van der Waals surface area contributed by atoms with Gasteiger partial charge in [-0.15, -0.1) is 0 Å². The highest BCUT2D eigenvalue weighted by molar-refractivity contribution is 7.89. The van der Waals surface area contributed by atoms with E-state index in [1.165, 1.54) is 28.6 Å². The summed E-state index contributed by atoms with van der Waals surface area (Å²) in [6.07, 6.45) is -3.94. The van der Waals surface area contributed by atoms with Gasteiger partial charge in [-0.05, 0) is 51.2 Å². The summed E-state index contributed by atoms with van der Waals surface area (Å²) in [6.45, 7) is 3.00. The Hall–Kier alpha value is -2.69. The van der Waals surface area contributed by atoms with Gasteiger partial charge in [-0.25, -0.2) is 13.2 Å². The molecule has 33 heavy (non-hydrogen) atoms. The molecule has 2 heterocycles. The number of nitrogens with zero attached hydrogens (tertiary/aromatic N) is 4. The zero-order chi connectivity index (χ0) is 25.0. The number of likely N-dealkylation sites (N-methyl/N-ethyl adjacent to an activating group) is 1. The summed E-state index contributed by atoms with van der Waals surface area (Å²) in [5.74, 6) is -2.60. The first-order chi connectivity index (χ1) is 15.2. The van der Waals surface area contributed by atoms with E-state index in [2.05, 4.69) is 0 Å². The summed E-state index contributed by atoms with van der Waals surface area (Å²) in [6, 6.07) is 7.94. The van der Waals surface area contributed by atoms with Crippen molar-refractivity contribution in [3.63, 3.8) is 0 Å². The number of nitriles is 1. The van der Waals surface area contributed by atoms with Crippen molar-refractivity contribution in [1.82, 2.24) is 14.1 Å². The third kappa shape index (κ3) is 6.21. The average molecular weight is 491 g/mol. The van der Waals surface area contributed by atoms with E-state index in [-0.39, 0.29) is 16.2 Å². The van der Waals surface area contributed by atoms with Crippen molar-refractivity contribution >= 4 is 21.9 Å². The van der Waals surface area contributed by atoms with Crippen molar-refractivity contribution < 1.29 is 36.3 Å². The van der Waals surface area contributed by atoms with Crippen LogP contribution < -0.4 is 0 Å². The second-order valence-electron chi connectivity index (χ2n) is 8.15. The number of carboxylic acids is 1. The molecule has 2 fully saturated rings. The number of carbonyl (C=O) groups excluding carboxylic acids is 1. The smallest absolute Gasteiger partial charge is 0.475 e. The van der Waals surface area contributed by atoms with E-state index < -0.39 is 22.2 Å². The van der Waals surface area contributed by atoms with Crippen LogP contribution in [0.2, 0.25) is 0 Å².